The quantitative estimate of drug-likeness (QED) is 0.892. The minimum atomic E-state index is 0.246. The molecule has 2 aromatic rings. The van der Waals surface area contributed by atoms with Gasteiger partial charge in [-0.15, -0.1) is 0 Å². The molecule has 0 aliphatic carbocycles. The van der Waals surface area contributed by atoms with E-state index in [1.165, 1.54) is 11.1 Å². The van der Waals surface area contributed by atoms with Gasteiger partial charge in [0.25, 0.3) is 0 Å². The predicted octanol–water partition coefficient (Wildman–Crippen LogP) is 3.09. The first-order chi connectivity index (χ1) is 8.76. The van der Waals surface area contributed by atoms with Crippen molar-refractivity contribution in [3.05, 3.63) is 65.2 Å². The fraction of sp³-hybridized carbons (Fsp3) is 0.250. The van der Waals surface area contributed by atoms with Crippen LogP contribution in [0.3, 0.4) is 0 Å². The molecule has 0 saturated heterocycles. The van der Waals surface area contributed by atoms with Gasteiger partial charge in [0.15, 0.2) is 0 Å². The Hall–Kier alpha value is -1.80. The smallest absolute Gasteiger partial charge is 0.121 e. The van der Waals surface area contributed by atoms with Crippen LogP contribution in [0.4, 0.5) is 0 Å². The van der Waals surface area contributed by atoms with Crippen LogP contribution in [0.25, 0.3) is 0 Å². The number of nitrogens with two attached hydrogens (primary N) is 1. The van der Waals surface area contributed by atoms with Crippen LogP contribution in [0, 0.1) is 6.92 Å². The number of hydrogen-bond acceptors (Lipinski definition) is 2. The van der Waals surface area contributed by atoms with Crippen molar-refractivity contribution in [2.45, 2.75) is 12.8 Å². The van der Waals surface area contributed by atoms with Gasteiger partial charge in [-0.05, 0) is 29.7 Å². The zero-order valence-electron chi connectivity index (χ0n) is 10.9. The van der Waals surface area contributed by atoms with E-state index in [9.17, 15) is 0 Å². The van der Waals surface area contributed by atoms with E-state index in [1.807, 2.05) is 24.3 Å². The summed E-state index contributed by atoms with van der Waals surface area (Å²) in [6, 6.07) is 16.6. The zero-order valence-corrected chi connectivity index (χ0v) is 10.9. The monoisotopic (exact) mass is 241 g/mol. The van der Waals surface area contributed by atoms with Crippen molar-refractivity contribution < 1.29 is 4.74 Å². The van der Waals surface area contributed by atoms with E-state index in [4.69, 9.17) is 10.5 Å². The van der Waals surface area contributed by atoms with Gasteiger partial charge in [-0.1, -0.05) is 42.5 Å². The van der Waals surface area contributed by atoms with Crippen LogP contribution >= 0.6 is 0 Å². The molecule has 2 rings (SSSR count). The molecule has 2 heteroatoms. The zero-order chi connectivity index (χ0) is 13.0. The number of methoxy groups -OCH3 is 1. The van der Waals surface area contributed by atoms with Crippen molar-refractivity contribution in [2.24, 2.45) is 5.73 Å². The van der Waals surface area contributed by atoms with Gasteiger partial charge in [-0.25, -0.2) is 0 Å². The van der Waals surface area contributed by atoms with Crippen LogP contribution in [-0.2, 0) is 0 Å². The average molecular weight is 241 g/mol. The minimum absolute atomic E-state index is 0.246. The molecule has 2 nitrogen and oxygen atoms in total. The summed E-state index contributed by atoms with van der Waals surface area (Å²) in [5.41, 5.74) is 9.56. The van der Waals surface area contributed by atoms with Crippen LogP contribution in [-0.4, -0.2) is 13.7 Å². The Morgan fingerprint density at radius 2 is 1.78 bits per heavy atom. The third-order valence-electron chi connectivity index (χ3n) is 3.26. The van der Waals surface area contributed by atoms with E-state index in [1.54, 1.807) is 7.11 Å². The Labute approximate surface area is 108 Å². The molecule has 1 unspecified atom stereocenters. The van der Waals surface area contributed by atoms with E-state index in [2.05, 4.69) is 31.2 Å². The summed E-state index contributed by atoms with van der Waals surface area (Å²) < 4.78 is 5.29. The van der Waals surface area contributed by atoms with Gasteiger partial charge < -0.3 is 10.5 Å². The standard InChI is InChI=1S/C16H19NO/c1-12-10-14(8-9-16(12)18-2)15(11-17)13-6-4-3-5-7-13/h3-10,15H,11,17H2,1-2H3. The highest BCUT2D eigenvalue weighted by atomic mass is 16.5. The topological polar surface area (TPSA) is 35.2 Å². The summed E-state index contributed by atoms with van der Waals surface area (Å²) in [7, 11) is 1.69. The largest absolute Gasteiger partial charge is 0.496 e. The molecule has 0 fully saturated rings. The summed E-state index contributed by atoms with van der Waals surface area (Å²) in [5, 5.41) is 0. The van der Waals surface area contributed by atoms with Crippen molar-refractivity contribution in [2.75, 3.05) is 13.7 Å². The molecule has 0 amide bonds. The van der Waals surface area contributed by atoms with Gasteiger partial charge in [-0.2, -0.15) is 0 Å². The normalized spacial score (nSPS) is 12.2. The highest BCUT2D eigenvalue weighted by molar-refractivity contribution is 5.41. The highest BCUT2D eigenvalue weighted by Gasteiger charge is 2.13. The van der Waals surface area contributed by atoms with Gasteiger partial charge in [-0.3, -0.25) is 0 Å². The predicted molar refractivity (Wildman–Crippen MR) is 75.1 cm³/mol. The first kappa shape index (κ1) is 12.7. The maximum absolute atomic E-state index is 5.93. The molecule has 94 valence electrons. The molecular weight excluding hydrogens is 222 g/mol. The second kappa shape index (κ2) is 5.69. The Balaban J connectivity index is 2.37. The van der Waals surface area contributed by atoms with E-state index < -0.39 is 0 Å². The molecule has 0 heterocycles. The maximum Gasteiger partial charge on any atom is 0.121 e. The number of ether oxygens (including phenoxy) is 1. The third kappa shape index (κ3) is 2.54. The lowest BCUT2D eigenvalue weighted by Gasteiger charge is -2.17. The van der Waals surface area contributed by atoms with Crippen molar-refractivity contribution in [3.63, 3.8) is 0 Å². The summed E-state index contributed by atoms with van der Waals surface area (Å²) in [6.07, 6.45) is 0. The number of aryl methyl sites for hydroxylation is 1. The van der Waals surface area contributed by atoms with E-state index >= 15 is 0 Å². The second-order valence-electron chi connectivity index (χ2n) is 4.43. The van der Waals surface area contributed by atoms with Crippen LogP contribution in [0.15, 0.2) is 48.5 Å². The lowest BCUT2D eigenvalue weighted by Crippen LogP contribution is -2.14. The Bertz CT molecular complexity index is 508. The molecule has 0 spiro atoms. The molecule has 2 aromatic carbocycles. The molecule has 0 aliphatic rings. The molecule has 0 aliphatic heterocycles. The van der Waals surface area contributed by atoms with Gasteiger partial charge in [0.05, 0.1) is 7.11 Å². The molecule has 1 atom stereocenters. The van der Waals surface area contributed by atoms with Gasteiger partial charge in [0.2, 0.25) is 0 Å². The van der Waals surface area contributed by atoms with E-state index in [-0.39, 0.29) is 5.92 Å². The number of benzene rings is 2. The second-order valence-corrected chi connectivity index (χ2v) is 4.43. The number of hydrogen-bond donors (Lipinski definition) is 1. The van der Waals surface area contributed by atoms with E-state index in [0.29, 0.717) is 6.54 Å². The van der Waals surface area contributed by atoms with Crippen molar-refractivity contribution in [1.29, 1.82) is 0 Å². The van der Waals surface area contributed by atoms with Crippen LogP contribution in [0.1, 0.15) is 22.6 Å². The third-order valence-corrected chi connectivity index (χ3v) is 3.26. The lowest BCUT2D eigenvalue weighted by molar-refractivity contribution is 0.411. The SMILES string of the molecule is COc1ccc(C(CN)c2ccccc2)cc1C. The fourth-order valence-electron chi connectivity index (χ4n) is 2.27. The molecule has 0 bridgehead atoms. The van der Waals surface area contributed by atoms with Crippen LogP contribution in [0.2, 0.25) is 0 Å². The average Bonchev–Trinajstić information content (AvgIpc) is 2.41. The fourth-order valence-corrected chi connectivity index (χ4v) is 2.27. The molecule has 18 heavy (non-hydrogen) atoms. The van der Waals surface area contributed by atoms with Crippen molar-refractivity contribution in [1.82, 2.24) is 0 Å². The molecule has 2 N–H and O–H groups in total. The van der Waals surface area contributed by atoms with Crippen molar-refractivity contribution >= 4 is 0 Å². The lowest BCUT2D eigenvalue weighted by atomic mass is 9.90. The highest BCUT2D eigenvalue weighted by Crippen LogP contribution is 2.27. The van der Waals surface area contributed by atoms with Gasteiger partial charge in [0.1, 0.15) is 5.75 Å². The Kier molecular flexibility index (Phi) is 4.00. The molecule has 0 aromatic heterocycles. The van der Waals surface area contributed by atoms with Gasteiger partial charge in [0, 0.05) is 12.5 Å². The first-order valence-corrected chi connectivity index (χ1v) is 6.15. The van der Waals surface area contributed by atoms with E-state index in [0.717, 1.165) is 11.3 Å². The van der Waals surface area contributed by atoms with Gasteiger partial charge >= 0.3 is 0 Å². The summed E-state index contributed by atoms with van der Waals surface area (Å²) in [6.45, 7) is 2.66. The first-order valence-electron chi connectivity index (χ1n) is 6.15. The number of rotatable bonds is 4. The maximum atomic E-state index is 5.93. The minimum Gasteiger partial charge on any atom is -0.496 e. The summed E-state index contributed by atoms with van der Waals surface area (Å²) >= 11 is 0. The summed E-state index contributed by atoms with van der Waals surface area (Å²) in [5.74, 6) is 1.17. The Morgan fingerprint density at radius 1 is 1.06 bits per heavy atom. The molecule has 0 radical (unpaired) electrons. The van der Waals surface area contributed by atoms with Crippen molar-refractivity contribution in [3.8, 4) is 5.75 Å². The van der Waals surface area contributed by atoms with Crippen LogP contribution < -0.4 is 10.5 Å². The Morgan fingerprint density at radius 3 is 2.33 bits per heavy atom. The van der Waals surface area contributed by atoms with Crippen LogP contribution in [0.5, 0.6) is 5.75 Å². The summed E-state index contributed by atoms with van der Waals surface area (Å²) in [4.78, 5) is 0. The molecule has 0 saturated carbocycles. The molecular formula is C16H19NO.